The van der Waals surface area contributed by atoms with Crippen molar-refractivity contribution < 1.29 is 9.90 Å². The summed E-state index contributed by atoms with van der Waals surface area (Å²) >= 11 is 0. The molecule has 0 spiro atoms. The van der Waals surface area contributed by atoms with Crippen LogP contribution < -0.4 is 4.90 Å². The van der Waals surface area contributed by atoms with Crippen LogP contribution in [-0.2, 0) is 0 Å². The molecule has 1 aliphatic heterocycles. The van der Waals surface area contributed by atoms with Crippen LogP contribution >= 0.6 is 0 Å². The average molecular weight is 259 g/mol. The van der Waals surface area contributed by atoms with Gasteiger partial charge in [0.25, 0.3) is 0 Å². The van der Waals surface area contributed by atoms with Crippen molar-refractivity contribution in [1.29, 1.82) is 0 Å². The van der Waals surface area contributed by atoms with Gasteiger partial charge in [-0.1, -0.05) is 18.9 Å². The van der Waals surface area contributed by atoms with E-state index in [4.69, 9.17) is 5.11 Å². The van der Waals surface area contributed by atoms with Crippen LogP contribution in [0.1, 0.15) is 48.9 Å². The van der Waals surface area contributed by atoms with Crippen LogP contribution in [0.5, 0.6) is 0 Å². The minimum atomic E-state index is -0.834. The van der Waals surface area contributed by atoms with Gasteiger partial charge in [0.15, 0.2) is 0 Å². The maximum Gasteiger partial charge on any atom is 0.335 e. The SMILES string of the molecule is O=C(O)c1cccc(N2CCC[C@H]3CCCC[C@H]32)c1. The second-order valence-corrected chi connectivity index (χ2v) is 5.80. The summed E-state index contributed by atoms with van der Waals surface area (Å²) in [6.07, 6.45) is 7.88. The molecular formula is C16H21NO2. The molecule has 1 N–H and O–H groups in total. The molecule has 1 saturated heterocycles. The Kier molecular flexibility index (Phi) is 3.45. The van der Waals surface area contributed by atoms with Gasteiger partial charge in [-0.2, -0.15) is 0 Å². The van der Waals surface area contributed by atoms with E-state index in [1.807, 2.05) is 12.1 Å². The number of benzene rings is 1. The zero-order valence-electron chi connectivity index (χ0n) is 11.2. The van der Waals surface area contributed by atoms with E-state index in [0.29, 0.717) is 11.6 Å². The van der Waals surface area contributed by atoms with Gasteiger partial charge in [-0.15, -0.1) is 0 Å². The predicted molar refractivity (Wildman–Crippen MR) is 75.7 cm³/mol. The first-order valence-corrected chi connectivity index (χ1v) is 7.36. The van der Waals surface area contributed by atoms with E-state index in [1.54, 1.807) is 6.07 Å². The Morgan fingerprint density at radius 3 is 2.79 bits per heavy atom. The van der Waals surface area contributed by atoms with E-state index in [1.165, 1.54) is 38.5 Å². The third kappa shape index (κ3) is 2.46. The van der Waals surface area contributed by atoms with E-state index in [2.05, 4.69) is 11.0 Å². The Balaban J connectivity index is 1.87. The highest BCUT2D eigenvalue weighted by Gasteiger charge is 2.33. The number of carbonyl (C=O) groups is 1. The fourth-order valence-corrected chi connectivity index (χ4v) is 3.76. The molecule has 0 amide bonds. The number of piperidine rings is 1. The van der Waals surface area contributed by atoms with Crippen molar-refractivity contribution >= 4 is 11.7 Å². The van der Waals surface area contributed by atoms with Gasteiger partial charge in [0, 0.05) is 18.3 Å². The van der Waals surface area contributed by atoms with Gasteiger partial charge >= 0.3 is 5.97 Å². The summed E-state index contributed by atoms with van der Waals surface area (Å²) in [4.78, 5) is 13.6. The molecule has 19 heavy (non-hydrogen) atoms. The van der Waals surface area contributed by atoms with Crippen LogP contribution in [0.3, 0.4) is 0 Å². The monoisotopic (exact) mass is 259 g/mol. The molecule has 2 atom stereocenters. The number of anilines is 1. The number of rotatable bonds is 2. The lowest BCUT2D eigenvalue weighted by Crippen LogP contribution is -2.46. The lowest BCUT2D eigenvalue weighted by Gasteiger charge is -2.45. The maximum absolute atomic E-state index is 11.1. The molecule has 3 heteroatoms. The summed E-state index contributed by atoms with van der Waals surface area (Å²) < 4.78 is 0. The van der Waals surface area contributed by atoms with Crippen molar-refractivity contribution in [3.63, 3.8) is 0 Å². The summed E-state index contributed by atoms with van der Waals surface area (Å²) in [5.74, 6) is -0.0185. The van der Waals surface area contributed by atoms with E-state index < -0.39 is 5.97 Å². The molecule has 102 valence electrons. The van der Waals surface area contributed by atoms with Gasteiger partial charge in [0.1, 0.15) is 0 Å². The van der Waals surface area contributed by atoms with E-state index in [0.717, 1.165) is 18.2 Å². The average Bonchev–Trinajstić information content (AvgIpc) is 2.47. The number of carboxylic acids is 1. The number of fused-ring (bicyclic) bond motifs is 1. The lowest BCUT2D eigenvalue weighted by molar-refractivity contribution is 0.0697. The van der Waals surface area contributed by atoms with Crippen molar-refractivity contribution in [1.82, 2.24) is 0 Å². The van der Waals surface area contributed by atoms with Crippen LogP contribution in [0.2, 0.25) is 0 Å². The highest BCUT2D eigenvalue weighted by Crippen LogP contribution is 2.37. The molecule has 1 aliphatic carbocycles. The summed E-state index contributed by atoms with van der Waals surface area (Å²) in [7, 11) is 0. The highest BCUT2D eigenvalue weighted by atomic mass is 16.4. The molecule has 0 unspecified atom stereocenters. The van der Waals surface area contributed by atoms with E-state index in [9.17, 15) is 4.79 Å². The predicted octanol–water partition coefficient (Wildman–Crippen LogP) is 3.54. The highest BCUT2D eigenvalue weighted by molar-refractivity contribution is 5.88. The molecule has 3 rings (SSSR count). The zero-order valence-corrected chi connectivity index (χ0v) is 11.2. The Morgan fingerprint density at radius 1 is 1.16 bits per heavy atom. The van der Waals surface area contributed by atoms with Crippen LogP contribution in [0.4, 0.5) is 5.69 Å². The van der Waals surface area contributed by atoms with Crippen molar-refractivity contribution in [2.75, 3.05) is 11.4 Å². The van der Waals surface area contributed by atoms with Crippen LogP contribution in [0.25, 0.3) is 0 Å². The number of carboxylic acid groups (broad SMARTS) is 1. The van der Waals surface area contributed by atoms with Gasteiger partial charge in [-0.3, -0.25) is 0 Å². The Labute approximate surface area is 114 Å². The second kappa shape index (κ2) is 5.24. The minimum absolute atomic E-state index is 0.399. The second-order valence-electron chi connectivity index (χ2n) is 5.80. The van der Waals surface area contributed by atoms with E-state index >= 15 is 0 Å². The topological polar surface area (TPSA) is 40.5 Å². The molecule has 1 aromatic carbocycles. The number of hydrogen-bond donors (Lipinski definition) is 1. The van der Waals surface area contributed by atoms with Gasteiger partial charge in [-0.25, -0.2) is 4.79 Å². The standard InChI is InChI=1S/C16H21NO2/c18-16(19)13-6-3-8-14(11-13)17-10-4-7-12-5-1-2-9-15(12)17/h3,6,8,11-12,15H,1-2,4-5,7,9-10H2,(H,18,19)/t12-,15-/m1/s1. The molecule has 0 radical (unpaired) electrons. The van der Waals surface area contributed by atoms with Gasteiger partial charge in [0.2, 0.25) is 0 Å². The first-order valence-electron chi connectivity index (χ1n) is 7.36. The molecule has 0 bridgehead atoms. The summed E-state index contributed by atoms with van der Waals surface area (Å²) in [5, 5.41) is 9.12. The van der Waals surface area contributed by atoms with Crippen molar-refractivity contribution in [3.8, 4) is 0 Å². The lowest BCUT2D eigenvalue weighted by atomic mass is 9.78. The summed E-state index contributed by atoms with van der Waals surface area (Å²) in [5.41, 5.74) is 1.49. The fourth-order valence-electron chi connectivity index (χ4n) is 3.76. The molecular weight excluding hydrogens is 238 g/mol. The van der Waals surface area contributed by atoms with Gasteiger partial charge < -0.3 is 10.0 Å². The quantitative estimate of drug-likeness (QED) is 0.883. The van der Waals surface area contributed by atoms with Gasteiger partial charge in [0.05, 0.1) is 5.56 Å². The molecule has 2 fully saturated rings. The first kappa shape index (κ1) is 12.5. The van der Waals surface area contributed by atoms with Crippen LogP contribution in [0, 0.1) is 5.92 Å². The molecule has 0 aromatic heterocycles. The maximum atomic E-state index is 11.1. The van der Waals surface area contributed by atoms with Crippen molar-refractivity contribution in [2.24, 2.45) is 5.92 Å². The Morgan fingerprint density at radius 2 is 1.95 bits per heavy atom. The molecule has 3 nitrogen and oxygen atoms in total. The smallest absolute Gasteiger partial charge is 0.335 e. The minimum Gasteiger partial charge on any atom is -0.478 e. The molecule has 1 heterocycles. The molecule has 1 aromatic rings. The third-order valence-corrected chi connectivity index (χ3v) is 4.67. The summed E-state index contributed by atoms with van der Waals surface area (Å²) in [6, 6.07) is 8.06. The Bertz CT molecular complexity index is 470. The van der Waals surface area contributed by atoms with Crippen LogP contribution in [-0.4, -0.2) is 23.7 Å². The largest absolute Gasteiger partial charge is 0.478 e. The summed E-state index contributed by atoms with van der Waals surface area (Å²) in [6.45, 7) is 1.07. The van der Waals surface area contributed by atoms with E-state index in [-0.39, 0.29) is 0 Å². The zero-order chi connectivity index (χ0) is 13.2. The van der Waals surface area contributed by atoms with Crippen molar-refractivity contribution in [2.45, 2.75) is 44.6 Å². The fraction of sp³-hybridized carbons (Fsp3) is 0.562. The molecule has 2 aliphatic rings. The number of hydrogen-bond acceptors (Lipinski definition) is 2. The van der Waals surface area contributed by atoms with Crippen molar-refractivity contribution in [3.05, 3.63) is 29.8 Å². The number of aromatic carboxylic acids is 1. The number of nitrogens with zero attached hydrogens (tertiary/aromatic N) is 1. The first-order chi connectivity index (χ1) is 9.25. The Hall–Kier alpha value is -1.51. The molecule has 1 saturated carbocycles. The van der Waals surface area contributed by atoms with Gasteiger partial charge in [-0.05, 0) is 49.8 Å². The van der Waals surface area contributed by atoms with Crippen LogP contribution in [0.15, 0.2) is 24.3 Å². The third-order valence-electron chi connectivity index (χ3n) is 4.67. The normalized spacial score (nSPS) is 26.8.